The summed E-state index contributed by atoms with van der Waals surface area (Å²) in [6.45, 7) is 0.956. The normalized spacial score (nSPS) is 16.3. The topological polar surface area (TPSA) is 83.9 Å². The Labute approximate surface area is 157 Å². The van der Waals surface area contributed by atoms with Gasteiger partial charge in [-0.15, -0.1) is 0 Å². The summed E-state index contributed by atoms with van der Waals surface area (Å²) in [6.07, 6.45) is 10.9. The number of carbonyl (C=O) groups excluding carboxylic acids is 1. The van der Waals surface area contributed by atoms with Gasteiger partial charge in [-0.25, -0.2) is 4.98 Å². The number of nitrogens with one attached hydrogen (secondary N) is 1. The van der Waals surface area contributed by atoms with E-state index in [-0.39, 0.29) is 11.9 Å². The summed E-state index contributed by atoms with van der Waals surface area (Å²) in [5.41, 5.74) is 3.32. The summed E-state index contributed by atoms with van der Waals surface area (Å²) >= 11 is 0. The van der Waals surface area contributed by atoms with Gasteiger partial charge in [-0.2, -0.15) is 0 Å². The van der Waals surface area contributed by atoms with Gasteiger partial charge in [0.2, 0.25) is 0 Å². The van der Waals surface area contributed by atoms with E-state index in [1.54, 1.807) is 37.9 Å². The predicted octanol–water partition coefficient (Wildman–Crippen LogP) is 2.63. The minimum Gasteiger partial charge on any atom is -0.354 e. The van der Waals surface area contributed by atoms with Crippen molar-refractivity contribution >= 4 is 11.7 Å². The van der Waals surface area contributed by atoms with Crippen molar-refractivity contribution < 1.29 is 4.79 Å². The van der Waals surface area contributed by atoms with E-state index in [1.165, 1.54) is 0 Å². The molecule has 1 aliphatic rings. The molecule has 1 N–H and O–H groups in total. The van der Waals surface area contributed by atoms with Crippen LogP contribution in [-0.2, 0) is 0 Å². The van der Waals surface area contributed by atoms with E-state index >= 15 is 0 Å². The van der Waals surface area contributed by atoms with Gasteiger partial charge in [0.15, 0.2) is 0 Å². The Hall–Kier alpha value is -3.35. The summed E-state index contributed by atoms with van der Waals surface area (Å²) in [6, 6.07) is 7.92. The maximum atomic E-state index is 11.6. The van der Waals surface area contributed by atoms with Crippen LogP contribution in [0.15, 0.2) is 55.2 Å². The Bertz CT molecular complexity index is 911. The quantitative estimate of drug-likeness (QED) is 0.770. The molecule has 3 aromatic rings. The summed E-state index contributed by atoms with van der Waals surface area (Å²) < 4.78 is 0. The average Bonchev–Trinajstić information content (AvgIpc) is 3.24. The van der Waals surface area contributed by atoms with Gasteiger partial charge in [0.1, 0.15) is 11.5 Å². The molecule has 0 radical (unpaired) electrons. The minimum absolute atomic E-state index is 0.194. The smallest absolute Gasteiger partial charge is 0.269 e. The molecule has 27 heavy (non-hydrogen) atoms. The highest BCUT2D eigenvalue weighted by atomic mass is 16.1. The monoisotopic (exact) mass is 360 g/mol. The van der Waals surface area contributed by atoms with Crippen LogP contribution in [0, 0.1) is 0 Å². The van der Waals surface area contributed by atoms with Crippen LogP contribution in [0.1, 0.15) is 35.1 Å². The fraction of sp³-hybridized carbons (Fsp3) is 0.250. The van der Waals surface area contributed by atoms with E-state index in [0.717, 1.165) is 42.0 Å². The fourth-order valence-corrected chi connectivity index (χ4v) is 3.39. The maximum Gasteiger partial charge on any atom is 0.269 e. The van der Waals surface area contributed by atoms with Crippen LogP contribution in [0.4, 0.5) is 5.82 Å². The molecule has 1 atom stereocenters. The number of pyridine rings is 2. The molecule has 7 heteroatoms. The van der Waals surface area contributed by atoms with Crippen LogP contribution < -0.4 is 10.2 Å². The first-order valence-electron chi connectivity index (χ1n) is 8.93. The van der Waals surface area contributed by atoms with Crippen LogP contribution in [0.25, 0.3) is 11.1 Å². The summed E-state index contributed by atoms with van der Waals surface area (Å²) in [5, 5.41) is 2.57. The molecule has 1 saturated heterocycles. The van der Waals surface area contributed by atoms with E-state index in [0.29, 0.717) is 5.69 Å². The predicted molar refractivity (Wildman–Crippen MR) is 102 cm³/mol. The van der Waals surface area contributed by atoms with Crippen LogP contribution in [0.2, 0.25) is 0 Å². The second kappa shape index (κ2) is 7.49. The molecule has 4 rings (SSSR count). The van der Waals surface area contributed by atoms with Gasteiger partial charge in [-0.1, -0.05) is 12.1 Å². The third kappa shape index (κ3) is 3.48. The summed E-state index contributed by atoms with van der Waals surface area (Å²) in [7, 11) is 1.59. The highest BCUT2D eigenvalue weighted by Crippen LogP contribution is 2.34. The molecule has 0 bridgehead atoms. The second-order valence-corrected chi connectivity index (χ2v) is 6.40. The molecule has 0 saturated carbocycles. The Kier molecular flexibility index (Phi) is 4.74. The zero-order chi connectivity index (χ0) is 18.6. The van der Waals surface area contributed by atoms with E-state index in [9.17, 15) is 4.79 Å². The minimum atomic E-state index is -0.194. The molecule has 4 heterocycles. The standard InChI is InChI=1S/C20H20N6O/c1-21-20(27)17-7-5-15(12-25-17)14-4-6-16(24-11-14)18-3-2-10-26(18)19-13-22-8-9-23-19/h4-9,11-13,18H,2-3,10H2,1H3,(H,21,27). The van der Waals surface area contributed by atoms with Crippen molar-refractivity contribution in [3.63, 3.8) is 0 Å². The number of rotatable bonds is 4. The van der Waals surface area contributed by atoms with Crippen molar-refractivity contribution in [1.29, 1.82) is 0 Å². The first kappa shape index (κ1) is 17.1. The molecule has 1 aliphatic heterocycles. The van der Waals surface area contributed by atoms with Gasteiger partial charge < -0.3 is 10.2 Å². The molecule has 0 aliphatic carbocycles. The fourth-order valence-electron chi connectivity index (χ4n) is 3.39. The van der Waals surface area contributed by atoms with E-state index in [1.807, 2.05) is 18.3 Å². The Morgan fingerprint density at radius 3 is 2.48 bits per heavy atom. The second-order valence-electron chi connectivity index (χ2n) is 6.40. The number of nitrogens with zero attached hydrogens (tertiary/aromatic N) is 5. The van der Waals surface area contributed by atoms with Gasteiger partial charge >= 0.3 is 0 Å². The highest BCUT2D eigenvalue weighted by molar-refractivity contribution is 5.92. The van der Waals surface area contributed by atoms with Crippen molar-refractivity contribution in [2.45, 2.75) is 18.9 Å². The van der Waals surface area contributed by atoms with E-state index < -0.39 is 0 Å². The molecule has 0 aromatic carbocycles. The lowest BCUT2D eigenvalue weighted by atomic mass is 10.1. The Morgan fingerprint density at radius 2 is 1.85 bits per heavy atom. The lowest BCUT2D eigenvalue weighted by Gasteiger charge is -2.24. The molecule has 0 spiro atoms. The largest absolute Gasteiger partial charge is 0.354 e. The van der Waals surface area contributed by atoms with Gasteiger partial charge in [0.25, 0.3) is 5.91 Å². The van der Waals surface area contributed by atoms with Crippen LogP contribution in [0.5, 0.6) is 0 Å². The van der Waals surface area contributed by atoms with E-state index in [2.05, 4.69) is 36.2 Å². The maximum absolute atomic E-state index is 11.6. The number of anilines is 1. The van der Waals surface area contributed by atoms with Gasteiger partial charge in [-0.05, 0) is 25.0 Å². The Morgan fingerprint density at radius 1 is 1.04 bits per heavy atom. The number of amides is 1. The average molecular weight is 360 g/mol. The van der Waals surface area contributed by atoms with Gasteiger partial charge in [-0.3, -0.25) is 19.7 Å². The van der Waals surface area contributed by atoms with Crippen molar-refractivity contribution in [3.8, 4) is 11.1 Å². The molecule has 7 nitrogen and oxygen atoms in total. The zero-order valence-corrected chi connectivity index (χ0v) is 15.0. The van der Waals surface area contributed by atoms with Crippen LogP contribution in [-0.4, -0.2) is 39.4 Å². The van der Waals surface area contributed by atoms with Crippen molar-refractivity contribution in [2.24, 2.45) is 0 Å². The number of hydrogen-bond donors (Lipinski definition) is 1. The first-order chi connectivity index (χ1) is 13.3. The van der Waals surface area contributed by atoms with Crippen LogP contribution >= 0.6 is 0 Å². The first-order valence-corrected chi connectivity index (χ1v) is 8.93. The number of aromatic nitrogens is 4. The number of carbonyl (C=O) groups is 1. The molecule has 1 fully saturated rings. The van der Waals surface area contributed by atoms with Crippen LogP contribution in [0.3, 0.4) is 0 Å². The zero-order valence-electron chi connectivity index (χ0n) is 15.0. The van der Waals surface area contributed by atoms with Crippen molar-refractivity contribution in [2.75, 3.05) is 18.5 Å². The van der Waals surface area contributed by atoms with Crippen molar-refractivity contribution in [3.05, 3.63) is 66.6 Å². The molecular weight excluding hydrogens is 340 g/mol. The SMILES string of the molecule is CNC(=O)c1ccc(-c2ccc(C3CCCN3c3cnccn3)nc2)cn1. The lowest BCUT2D eigenvalue weighted by Crippen LogP contribution is -2.24. The van der Waals surface area contributed by atoms with Gasteiger partial charge in [0, 0.05) is 49.5 Å². The highest BCUT2D eigenvalue weighted by Gasteiger charge is 2.28. The molecule has 3 aromatic heterocycles. The summed E-state index contributed by atoms with van der Waals surface area (Å²) in [4.78, 5) is 31.4. The van der Waals surface area contributed by atoms with E-state index in [4.69, 9.17) is 0 Å². The molecule has 1 unspecified atom stereocenters. The van der Waals surface area contributed by atoms with Crippen molar-refractivity contribution in [1.82, 2.24) is 25.3 Å². The molecular formula is C20H20N6O. The van der Waals surface area contributed by atoms with Gasteiger partial charge in [0.05, 0.1) is 17.9 Å². The third-order valence-electron chi connectivity index (χ3n) is 4.78. The Balaban J connectivity index is 1.54. The lowest BCUT2D eigenvalue weighted by molar-refractivity contribution is 0.0958. The number of hydrogen-bond acceptors (Lipinski definition) is 6. The summed E-state index contributed by atoms with van der Waals surface area (Å²) in [5.74, 6) is 0.695. The molecule has 1 amide bonds. The third-order valence-corrected chi connectivity index (χ3v) is 4.78. The molecule has 136 valence electrons.